The molecule has 0 radical (unpaired) electrons. The molecule has 7 heteroatoms. The average molecular weight is 328 g/mol. The quantitative estimate of drug-likeness (QED) is 0.368. The number of guanidine groups is 1. The second kappa shape index (κ2) is 8.52. The Morgan fingerprint density at radius 2 is 1.79 bits per heavy atom. The van der Waals surface area contributed by atoms with E-state index in [0.717, 1.165) is 16.9 Å². The second-order valence-corrected chi connectivity index (χ2v) is 5.01. The van der Waals surface area contributed by atoms with Crippen molar-refractivity contribution in [2.24, 2.45) is 4.99 Å². The minimum Gasteiger partial charge on any atom is -0.496 e. The van der Waals surface area contributed by atoms with Crippen LogP contribution in [0.2, 0.25) is 0 Å². The molecule has 126 valence electrons. The molecule has 0 aliphatic rings. The first-order valence-corrected chi connectivity index (χ1v) is 7.43. The zero-order valence-electron chi connectivity index (χ0n) is 13.7. The zero-order valence-corrected chi connectivity index (χ0v) is 13.7. The SMILES string of the molecule is CN=C(NCc1ccc([N+](=O)[O-])cc1)NCc1ccccc1OC. The number of para-hydroxylation sites is 1. The first kappa shape index (κ1) is 17.3. The molecule has 0 aliphatic heterocycles. The Hall–Kier alpha value is -3.09. The van der Waals surface area contributed by atoms with Crippen LogP contribution in [0.1, 0.15) is 11.1 Å². The van der Waals surface area contributed by atoms with Crippen LogP contribution in [0.25, 0.3) is 0 Å². The van der Waals surface area contributed by atoms with Crippen LogP contribution < -0.4 is 15.4 Å². The number of nitrogens with one attached hydrogen (secondary N) is 2. The molecule has 24 heavy (non-hydrogen) atoms. The first-order valence-electron chi connectivity index (χ1n) is 7.43. The zero-order chi connectivity index (χ0) is 17.4. The molecule has 2 aromatic carbocycles. The molecule has 7 nitrogen and oxygen atoms in total. The Morgan fingerprint density at radius 1 is 1.12 bits per heavy atom. The fourth-order valence-corrected chi connectivity index (χ4v) is 2.17. The molecular weight excluding hydrogens is 308 g/mol. The van der Waals surface area contributed by atoms with Gasteiger partial charge < -0.3 is 15.4 Å². The van der Waals surface area contributed by atoms with E-state index in [-0.39, 0.29) is 5.69 Å². The van der Waals surface area contributed by atoms with Crippen LogP contribution in [0.3, 0.4) is 0 Å². The summed E-state index contributed by atoms with van der Waals surface area (Å²) in [5.41, 5.74) is 2.04. The molecule has 0 fully saturated rings. The monoisotopic (exact) mass is 328 g/mol. The summed E-state index contributed by atoms with van der Waals surface area (Å²) in [6, 6.07) is 14.2. The highest BCUT2D eigenvalue weighted by Crippen LogP contribution is 2.16. The van der Waals surface area contributed by atoms with E-state index in [2.05, 4.69) is 15.6 Å². The molecule has 0 aliphatic carbocycles. The molecule has 0 atom stereocenters. The third kappa shape index (κ3) is 4.70. The van der Waals surface area contributed by atoms with Crippen LogP contribution in [0, 0.1) is 10.1 Å². The van der Waals surface area contributed by atoms with Crippen LogP contribution >= 0.6 is 0 Å². The highest BCUT2D eigenvalue weighted by atomic mass is 16.6. The maximum Gasteiger partial charge on any atom is 0.269 e. The Morgan fingerprint density at radius 3 is 2.42 bits per heavy atom. The van der Waals surface area contributed by atoms with Gasteiger partial charge in [-0.2, -0.15) is 0 Å². The first-order chi connectivity index (χ1) is 11.6. The highest BCUT2D eigenvalue weighted by molar-refractivity contribution is 5.79. The Bertz CT molecular complexity index is 714. The molecule has 2 aromatic rings. The summed E-state index contributed by atoms with van der Waals surface area (Å²) in [7, 11) is 3.33. The van der Waals surface area contributed by atoms with Gasteiger partial charge in [0.25, 0.3) is 5.69 Å². The van der Waals surface area contributed by atoms with E-state index in [4.69, 9.17) is 4.74 Å². The largest absolute Gasteiger partial charge is 0.496 e. The van der Waals surface area contributed by atoms with Gasteiger partial charge >= 0.3 is 0 Å². The summed E-state index contributed by atoms with van der Waals surface area (Å²) in [6.45, 7) is 1.09. The lowest BCUT2D eigenvalue weighted by atomic mass is 10.2. The number of aliphatic imine (C=N–C) groups is 1. The molecule has 0 spiro atoms. The normalized spacial score (nSPS) is 11.0. The third-order valence-electron chi connectivity index (χ3n) is 3.47. The summed E-state index contributed by atoms with van der Waals surface area (Å²) in [5.74, 6) is 1.45. The lowest BCUT2D eigenvalue weighted by Gasteiger charge is -2.13. The summed E-state index contributed by atoms with van der Waals surface area (Å²) < 4.78 is 5.32. The molecule has 2 rings (SSSR count). The van der Waals surface area contributed by atoms with Gasteiger partial charge in [0.1, 0.15) is 5.75 Å². The number of hydrogen-bond acceptors (Lipinski definition) is 4. The van der Waals surface area contributed by atoms with Gasteiger partial charge in [-0.3, -0.25) is 15.1 Å². The number of nitro groups is 1. The number of nitrogens with zero attached hydrogens (tertiary/aromatic N) is 2. The number of benzene rings is 2. The van der Waals surface area contributed by atoms with E-state index in [1.807, 2.05) is 24.3 Å². The van der Waals surface area contributed by atoms with E-state index in [1.54, 1.807) is 26.3 Å². The summed E-state index contributed by atoms with van der Waals surface area (Å²) >= 11 is 0. The smallest absolute Gasteiger partial charge is 0.269 e. The van der Waals surface area contributed by atoms with Crippen molar-refractivity contribution < 1.29 is 9.66 Å². The number of nitro benzene ring substituents is 1. The summed E-state index contributed by atoms with van der Waals surface area (Å²) in [6.07, 6.45) is 0. The van der Waals surface area contributed by atoms with Crippen molar-refractivity contribution in [1.29, 1.82) is 0 Å². The standard InChI is InChI=1S/C17H20N4O3/c1-18-17(20-12-14-5-3-4-6-16(14)24-2)19-11-13-7-9-15(10-8-13)21(22)23/h3-10H,11-12H2,1-2H3,(H2,18,19,20). The van der Waals surface area contributed by atoms with Gasteiger partial charge in [0.2, 0.25) is 0 Å². The minimum absolute atomic E-state index is 0.0810. The fourth-order valence-electron chi connectivity index (χ4n) is 2.17. The lowest BCUT2D eigenvalue weighted by molar-refractivity contribution is -0.384. The van der Waals surface area contributed by atoms with E-state index >= 15 is 0 Å². The molecule has 0 heterocycles. The van der Waals surface area contributed by atoms with E-state index < -0.39 is 4.92 Å². The van der Waals surface area contributed by atoms with Crippen LogP contribution in [0.15, 0.2) is 53.5 Å². The van der Waals surface area contributed by atoms with Crippen molar-refractivity contribution in [3.8, 4) is 5.75 Å². The average Bonchev–Trinajstić information content (AvgIpc) is 2.62. The fraction of sp³-hybridized carbons (Fsp3) is 0.235. The Kier molecular flexibility index (Phi) is 6.13. The third-order valence-corrected chi connectivity index (χ3v) is 3.47. The molecule has 0 amide bonds. The predicted octanol–water partition coefficient (Wildman–Crippen LogP) is 2.47. The van der Waals surface area contributed by atoms with E-state index in [0.29, 0.717) is 19.0 Å². The van der Waals surface area contributed by atoms with Gasteiger partial charge in [-0.25, -0.2) is 0 Å². The Labute approximate surface area is 140 Å². The summed E-state index contributed by atoms with van der Waals surface area (Å²) in [4.78, 5) is 14.4. The maximum absolute atomic E-state index is 10.6. The molecule has 0 bridgehead atoms. The topological polar surface area (TPSA) is 88.8 Å². The lowest BCUT2D eigenvalue weighted by Crippen LogP contribution is -2.36. The van der Waals surface area contributed by atoms with Crippen molar-refractivity contribution in [2.75, 3.05) is 14.2 Å². The number of methoxy groups -OCH3 is 1. The van der Waals surface area contributed by atoms with Crippen molar-refractivity contribution >= 4 is 11.6 Å². The molecule has 0 unspecified atom stereocenters. The van der Waals surface area contributed by atoms with Gasteiger partial charge in [-0.05, 0) is 11.6 Å². The molecule has 2 N–H and O–H groups in total. The van der Waals surface area contributed by atoms with Crippen molar-refractivity contribution in [3.63, 3.8) is 0 Å². The van der Waals surface area contributed by atoms with Crippen LogP contribution in [-0.2, 0) is 13.1 Å². The minimum atomic E-state index is -0.412. The Balaban J connectivity index is 1.89. The van der Waals surface area contributed by atoms with Crippen molar-refractivity contribution in [3.05, 3.63) is 69.8 Å². The van der Waals surface area contributed by atoms with Crippen LogP contribution in [0.5, 0.6) is 5.75 Å². The van der Waals surface area contributed by atoms with Gasteiger partial charge in [-0.15, -0.1) is 0 Å². The second-order valence-electron chi connectivity index (χ2n) is 5.01. The van der Waals surface area contributed by atoms with Gasteiger partial charge in [0, 0.05) is 37.8 Å². The molecule has 0 saturated heterocycles. The molecule has 0 saturated carbocycles. The maximum atomic E-state index is 10.6. The van der Waals surface area contributed by atoms with Gasteiger partial charge in [0.15, 0.2) is 5.96 Å². The van der Waals surface area contributed by atoms with Crippen molar-refractivity contribution in [1.82, 2.24) is 10.6 Å². The molecule has 0 aromatic heterocycles. The van der Waals surface area contributed by atoms with Gasteiger partial charge in [-0.1, -0.05) is 30.3 Å². The highest BCUT2D eigenvalue weighted by Gasteiger charge is 2.05. The van der Waals surface area contributed by atoms with E-state index in [1.165, 1.54) is 12.1 Å². The van der Waals surface area contributed by atoms with Crippen molar-refractivity contribution in [2.45, 2.75) is 13.1 Å². The van der Waals surface area contributed by atoms with Gasteiger partial charge in [0.05, 0.1) is 12.0 Å². The molecular formula is C17H20N4O3. The van der Waals surface area contributed by atoms with E-state index in [9.17, 15) is 10.1 Å². The number of rotatable bonds is 6. The predicted molar refractivity (Wildman–Crippen MR) is 93.1 cm³/mol. The van der Waals surface area contributed by atoms with Crippen LogP contribution in [-0.4, -0.2) is 25.0 Å². The van der Waals surface area contributed by atoms with Crippen LogP contribution in [0.4, 0.5) is 5.69 Å². The summed E-state index contributed by atoms with van der Waals surface area (Å²) in [5, 5.41) is 17.0. The number of non-ortho nitro benzene ring substituents is 1. The number of hydrogen-bond donors (Lipinski definition) is 2. The number of ether oxygens (including phenoxy) is 1.